The van der Waals surface area contributed by atoms with Crippen molar-refractivity contribution < 1.29 is 8.42 Å². The summed E-state index contributed by atoms with van der Waals surface area (Å²) in [6.45, 7) is 7.21. The number of hydrogen-bond acceptors (Lipinski definition) is 6. The highest BCUT2D eigenvalue weighted by Gasteiger charge is 2.16. The minimum absolute atomic E-state index is 0.173. The van der Waals surface area contributed by atoms with Crippen molar-refractivity contribution in [1.82, 2.24) is 9.88 Å². The molecule has 3 N–H and O–H groups in total. The SMILES string of the molecule is CCN(CC)CCc1cnc(NS(=O)(=O)c2ccc(N)cc2)s1. The Morgan fingerprint density at radius 2 is 1.87 bits per heavy atom. The minimum Gasteiger partial charge on any atom is -0.399 e. The van der Waals surface area contributed by atoms with Crippen LogP contribution in [0, 0.1) is 0 Å². The van der Waals surface area contributed by atoms with Crippen molar-refractivity contribution in [2.45, 2.75) is 25.2 Å². The molecule has 0 aliphatic heterocycles. The van der Waals surface area contributed by atoms with E-state index < -0.39 is 10.0 Å². The van der Waals surface area contributed by atoms with E-state index in [-0.39, 0.29) is 4.90 Å². The number of sulfonamides is 1. The molecule has 0 saturated heterocycles. The highest BCUT2D eigenvalue weighted by Crippen LogP contribution is 2.22. The Kier molecular flexibility index (Phi) is 5.97. The van der Waals surface area contributed by atoms with Gasteiger partial charge in [0.25, 0.3) is 10.0 Å². The van der Waals surface area contributed by atoms with E-state index in [2.05, 4.69) is 28.5 Å². The van der Waals surface area contributed by atoms with E-state index in [1.54, 1.807) is 18.3 Å². The first-order valence-electron chi connectivity index (χ1n) is 7.50. The molecule has 1 heterocycles. The van der Waals surface area contributed by atoms with Crippen LogP contribution in [0.25, 0.3) is 0 Å². The number of nitrogens with two attached hydrogens (primary N) is 1. The van der Waals surface area contributed by atoms with E-state index in [1.807, 2.05) is 0 Å². The predicted molar refractivity (Wildman–Crippen MR) is 95.3 cm³/mol. The lowest BCUT2D eigenvalue weighted by Crippen LogP contribution is -2.25. The van der Waals surface area contributed by atoms with E-state index in [4.69, 9.17) is 5.73 Å². The van der Waals surface area contributed by atoms with Gasteiger partial charge in [-0.1, -0.05) is 13.8 Å². The van der Waals surface area contributed by atoms with Gasteiger partial charge in [-0.3, -0.25) is 4.72 Å². The summed E-state index contributed by atoms with van der Waals surface area (Å²) in [5.41, 5.74) is 6.10. The predicted octanol–water partition coefficient (Wildman–Crippen LogP) is 2.41. The van der Waals surface area contributed by atoms with Gasteiger partial charge in [0.2, 0.25) is 0 Å². The van der Waals surface area contributed by atoms with Crippen molar-refractivity contribution in [3.63, 3.8) is 0 Å². The Labute approximate surface area is 141 Å². The molecule has 6 nitrogen and oxygen atoms in total. The van der Waals surface area contributed by atoms with Crippen LogP contribution >= 0.6 is 11.3 Å². The Morgan fingerprint density at radius 1 is 1.22 bits per heavy atom. The van der Waals surface area contributed by atoms with Crippen molar-refractivity contribution in [1.29, 1.82) is 0 Å². The van der Waals surface area contributed by atoms with Crippen LogP contribution in [0.2, 0.25) is 0 Å². The average Bonchev–Trinajstić information content (AvgIpc) is 2.95. The highest BCUT2D eigenvalue weighted by molar-refractivity contribution is 7.93. The van der Waals surface area contributed by atoms with E-state index in [1.165, 1.54) is 23.5 Å². The lowest BCUT2D eigenvalue weighted by Gasteiger charge is -2.16. The third-order valence-corrected chi connectivity index (χ3v) is 5.99. The highest BCUT2D eigenvalue weighted by atomic mass is 32.2. The topological polar surface area (TPSA) is 88.3 Å². The van der Waals surface area contributed by atoms with E-state index >= 15 is 0 Å². The Bertz CT molecular complexity index is 722. The molecular formula is C15H22N4O2S2. The number of anilines is 2. The molecule has 1 aromatic heterocycles. The smallest absolute Gasteiger partial charge is 0.263 e. The van der Waals surface area contributed by atoms with Crippen LogP contribution < -0.4 is 10.5 Å². The van der Waals surface area contributed by atoms with Gasteiger partial charge >= 0.3 is 0 Å². The molecule has 0 bridgehead atoms. The second-order valence-corrected chi connectivity index (χ2v) is 7.88. The number of hydrogen-bond donors (Lipinski definition) is 2. The first-order valence-corrected chi connectivity index (χ1v) is 9.80. The largest absolute Gasteiger partial charge is 0.399 e. The fourth-order valence-corrected chi connectivity index (χ4v) is 4.14. The summed E-state index contributed by atoms with van der Waals surface area (Å²) < 4.78 is 27.1. The molecule has 2 aromatic rings. The number of nitrogens with zero attached hydrogens (tertiary/aromatic N) is 2. The summed E-state index contributed by atoms with van der Waals surface area (Å²) >= 11 is 1.37. The molecule has 23 heavy (non-hydrogen) atoms. The number of rotatable bonds is 8. The molecular weight excluding hydrogens is 332 g/mol. The second kappa shape index (κ2) is 7.76. The first kappa shape index (κ1) is 17.7. The van der Waals surface area contributed by atoms with Crippen LogP contribution in [0.5, 0.6) is 0 Å². The van der Waals surface area contributed by atoms with Crippen molar-refractivity contribution >= 4 is 32.2 Å². The van der Waals surface area contributed by atoms with E-state index in [0.717, 1.165) is 30.9 Å². The zero-order valence-corrected chi connectivity index (χ0v) is 15.0. The fourth-order valence-electron chi connectivity index (χ4n) is 2.10. The zero-order valence-electron chi connectivity index (χ0n) is 13.3. The summed E-state index contributed by atoms with van der Waals surface area (Å²) in [5.74, 6) is 0. The molecule has 0 amide bonds. The third-order valence-electron chi connectivity index (χ3n) is 3.53. The molecule has 0 radical (unpaired) electrons. The molecule has 1 aromatic carbocycles. The lowest BCUT2D eigenvalue weighted by molar-refractivity contribution is 0.308. The lowest BCUT2D eigenvalue weighted by atomic mass is 10.3. The monoisotopic (exact) mass is 354 g/mol. The second-order valence-electron chi connectivity index (χ2n) is 5.08. The molecule has 0 unspecified atom stereocenters. The average molecular weight is 355 g/mol. The van der Waals surface area contributed by atoms with Crippen LogP contribution in [0.1, 0.15) is 18.7 Å². The number of nitrogen functional groups attached to an aromatic ring is 1. The first-order chi connectivity index (χ1) is 10.9. The van der Waals surface area contributed by atoms with Crippen LogP contribution in [0.3, 0.4) is 0 Å². The van der Waals surface area contributed by atoms with Crippen molar-refractivity contribution in [3.8, 4) is 0 Å². The summed E-state index contributed by atoms with van der Waals surface area (Å²) in [5, 5.41) is 0.386. The van der Waals surface area contributed by atoms with Gasteiger partial charge in [-0.05, 0) is 43.8 Å². The third kappa shape index (κ3) is 4.92. The standard InChI is InChI=1S/C15H22N4O2S2/c1-3-19(4-2)10-9-13-11-17-15(22-13)18-23(20,21)14-7-5-12(16)6-8-14/h5-8,11H,3-4,9-10,16H2,1-2H3,(H,17,18). The zero-order chi connectivity index (χ0) is 16.9. The van der Waals surface area contributed by atoms with Gasteiger partial charge in [0, 0.05) is 23.3 Å². The normalized spacial score (nSPS) is 11.8. The van der Waals surface area contributed by atoms with Gasteiger partial charge in [0.15, 0.2) is 5.13 Å². The van der Waals surface area contributed by atoms with E-state index in [9.17, 15) is 8.42 Å². The summed E-state index contributed by atoms with van der Waals surface area (Å²) in [4.78, 5) is 7.71. The van der Waals surface area contributed by atoms with Gasteiger partial charge in [-0.25, -0.2) is 13.4 Å². The molecule has 2 rings (SSSR count). The molecule has 8 heteroatoms. The molecule has 0 aliphatic carbocycles. The number of benzene rings is 1. The Balaban J connectivity index is 2.02. The molecule has 0 saturated carbocycles. The maximum atomic E-state index is 12.3. The molecule has 0 spiro atoms. The Morgan fingerprint density at radius 3 is 2.48 bits per heavy atom. The number of likely N-dealkylation sites (N-methyl/N-ethyl adjacent to an activating group) is 1. The maximum absolute atomic E-state index is 12.3. The quantitative estimate of drug-likeness (QED) is 0.711. The van der Waals surface area contributed by atoms with Gasteiger partial charge in [0.1, 0.15) is 0 Å². The summed E-state index contributed by atoms with van der Waals surface area (Å²) in [6, 6.07) is 6.08. The summed E-state index contributed by atoms with van der Waals surface area (Å²) in [7, 11) is -3.63. The van der Waals surface area contributed by atoms with Crippen LogP contribution in [-0.4, -0.2) is 37.9 Å². The molecule has 126 valence electrons. The fraction of sp³-hybridized carbons (Fsp3) is 0.400. The van der Waals surface area contributed by atoms with Crippen LogP contribution in [0.15, 0.2) is 35.4 Å². The van der Waals surface area contributed by atoms with Gasteiger partial charge in [-0.15, -0.1) is 11.3 Å². The molecule has 0 atom stereocenters. The maximum Gasteiger partial charge on any atom is 0.263 e. The van der Waals surface area contributed by atoms with Crippen LogP contribution in [0.4, 0.5) is 10.8 Å². The van der Waals surface area contributed by atoms with E-state index in [0.29, 0.717) is 10.8 Å². The van der Waals surface area contributed by atoms with Gasteiger partial charge < -0.3 is 10.6 Å². The number of nitrogens with one attached hydrogen (secondary N) is 1. The molecule has 0 aliphatic rings. The van der Waals surface area contributed by atoms with Gasteiger partial charge in [0.05, 0.1) is 4.90 Å². The Hall–Kier alpha value is -1.64. The minimum atomic E-state index is -3.63. The molecule has 0 fully saturated rings. The van der Waals surface area contributed by atoms with Crippen LogP contribution in [-0.2, 0) is 16.4 Å². The van der Waals surface area contributed by atoms with Crippen molar-refractivity contribution in [2.24, 2.45) is 0 Å². The number of aromatic nitrogens is 1. The van der Waals surface area contributed by atoms with Gasteiger partial charge in [-0.2, -0.15) is 0 Å². The number of thiazole rings is 1. The summed E-state index contributed by atoms with van der Waals surface area (Å²) in [6.07, 6.45) is 2.60. The van der Waals surface area contributed by atoms with Crippen molar-refractivity contribution in [3.05, 3.63) is 35.3 Å². The van der Waals surface area contributed by atoms with Crippen molar-refractivity contribution in [2.75, 3.05) is 30.1 Å².